The first-order chi connectivity index (χ1) is 11.1. The van der Waals surface area contributed by atoms with Crippen molar-refractivity contribution in [2.75, 3.05) is 0 Å². The summed E-state index contributed by atoms with van der Waals surface area (Å²) in [5.74, 6) is 0.621. The molecule has 0 saturated carbocycles. The van der Waals surface area contributed by atoms with Gasteiger partial charge >= 0.3 is 0 Å². The molecule has 1 aromatic heterocycles. The number of hydrogen-bond donors (Lipinski definition) is 3. The van der Waals surface area contributed by atoms with Crippen molar-refractivity contribution in [1.29, 1.82) is 0 Å². The van der Waals surface area contributed by atoms with E-state index in [1.165, 1.54) is 0 Å². The van der Waals surface area contributed by atoms with E-state index < -0.39 is 0 Å². The average Bonchev–Trinajstić information content (AvgIpc) is 2.91. The number of carbonyl (C=O) groups excluding carboxylic acids is 1. The van der Waals surface area contributed by atoms with Crippen LogP contribution in [-0.2, 0) is 13.0 Å². The Kier molecular flexibility index (Phi) is 6.55. The first kappa shape index (κ1) is 17.4. The largest absolute Gasteiger partial charge is 0.357 e. The van der Waals surface area contributed by atoms with Crippen molar-refractivity contribution in [3.8, 4) is 0 Å². The zero-order chi connectivity index (χ0) is 16.7. The molecule has 7 heteroatoms. The minimum absolute atomic E-state index is 0.248. The topological polar surface area (TPSA) is 69.8 Å². The fraction of sp³-hybridized carbons (Fsp3) is 0.312. The lowest BCUT2D eigenvalue weighted by Gasteiger charge is -2.08. The van der Waals surface area contributed by atoms with Crippen LogP contribution in [-0.4, -0.2) is 21.0 Å². The van der Waals surface area contributed by atoms with E-state index in [0.29, 0.717) is 17.3 Å². The van der Waals surface area contributed by atoms with Crippen molar-refractivity contribution in [2.45, 2.75) is 32.7 Å². The fourth-order valence-corrected chi connectivity index (χ4v) is 2.38. The predicted molar refractivity (Wildman–Crippen MR) is 95.6 cm³/mol. The van der Waals surface area contributed by atoms with Gasteiger partial charge in [0.2, 0.25) is 0 Å². The molecule has 3 N–H and O–H groups in total. The molecule has 0 saturated heterocycles. The van der Waals surface area contributed by atoms with Crippen LogP contribution in [0, 0.1) is 0 Å². The molecule has 0 fully saturated rings. The lowest BCUT2D eigenvalue weighted by Crippen LogP contribution is -2.38. The number of imidazole rings is 1. The molecule has 0 aliphatic carbocycles. The Balaban J connectivity index is 1.84. The quantitative estimate of drug-likeness (QED) is 0.700. The number of aromatic amines is 1. The summed E-state index contributed by atoms with van der Waals surface area (Å²) in [6, 6.07) is 8.90. The normalized spacial score (nSPS) is 10.3. The first-order valence-electron chi connectivity index (χ1n) is 7.47. The van der Waals surface area contributed by atoms with Gasteiger partial charge in [-0.1, -0.05) is 43.1 Å². The number of aryl methyl sites for hydroxylation is 1. The van der Waals surface area contributed by atoms with Gasteiger partial charge in [-0.25, -0.2) is 4.98 Å². The lowest BCUT2D eigenvalue weighted by atomic mass is 10.2. The number of benzene rings is 1. The van der Waals surface area contributed by atoms with Crippen LogP contribution < -0.4 is 10.6 Å². The highest BCUT2D eigenvalue weighted by Gasteiger charge is 2.10. The molecule has 0 bridgehead atoms. The van der Waals surface area contributed by atoms with Gasteiger partial charge in [-0.15, -0.1) is 0 Å². The zero-order valence-corrected chi connectivity index (χ0v) is 14.4. The van der Waals surface area contributed by atoms with Crippen LogP contribution in [0.1, 0.15) is 41.6 Å². The van der Waals surface area contributed by atoms with E-state index in [-0.39, 0.29) is 11.0 Å². The maximum absolute atomic E-state index is 12.0. The van der Waals surface area contributed by atoms with Gasteiger partial charge in [0.1, 0.15) is 5.82 Å². The summed E-state index contributed by atoms with van der Waals surface area (Å²) in [5.41, 5.74) is 1.31. The smallest absolute Gasteiger partial charge is 0.257 e. The number of halogens is 1. The van der Waals surface area contributed by atoms with E-state index in [1.807, 2.05) is 6.07 Å². The van der Waals surface area contributed by atoms with Crippen LogP contribution in [0.4, 0.5) is 0 Å². The van der Waals surface area contributed by atoms with Crippen LogP contribution in [0.15, 0.2) is 30.3 Å². The maximum atomic E-state index is 12.0. The molecule has 0 unspecified atom stereocenters. The highest BCUT2D eigenvalue weighted by Crippen LogP contribution is 2.13. The van der Waals surface area contributed by atoms with Crippen LogP contribution in [0.2, 0.25) is 5.15 Å². The molecule has 0 radical (unpaired) electrons. The number of carbonyl (C=O) groups is 1. The monoisotopic (exact) mass is 350 g/mol. The van der Waals surface area contributed by atoms with Gasteiger partial charge in [0, 0.05) is 12.0 Å². The SMILES string of the molecule is CCCCc1nc(Cl)c(CNC(=S)NC(=O)c2ccccc2)[nH]1. The van der Waals surface area contributed by atoms with E-state index in [4.69, 9.17) is 23.8 Å². The van der Waals surface area contributed by atoms with Crippen LogP contribution >= 0.6 is 23.8 Å². The molecule has 23 heavy (non-hydrogen) atoms. The Morgan fingerprint density at radius 3 is 2.78 bits per heavy atom. The molecule has 1 aromatic carbocycles. The second-order valence-corrected chi connectivity index (χ2v) is 5.83. The summed E-state index contributed by atoms with van der Waals surface area (Å²) in [5, 5.41) is 6.27. The molecule has 0 aliphatic heterocycles. The molecular formula is C16H19ClN4OS. The molecule has 122 valence electrons. The van der Waals surface area contributed by atoms with Crippen molar-refractivity contribution in [3.63, 3.8) is 0 Å². The third-order valence-electron chi connectivity index (χ3n) is 3.23. The number of nitrogens with zero attached hydrogens (tertiary/aromatic N) is 1. The molecule has 0 spiro atoms. The Bertz CT molecular complexity index is 672. The predicted octanol–water partition coefficient (Wildman–Crippen LogP) is 3.21. The standard InChI is InChI=1S/C16H19ClN4OS/c1-2-3-9-13-19-12(14(17)20-13)10-18-16(23)21-15(22)11-7-5-4-6-8-11/h4-8H,2-3,9-10H2,1H3,(H,19,20)(H2,18,21,22,23). The zero-order valence-electron chi connectivity index (χ0n) is 12.9. The summed E-state index contributed by atoms with van der Waals surface area (Å²) in [4.78, 5) is 19.4. The van der Waals surface area contributed by atoms with Gasteiger partial charge in [-0.05, 0) is 30.8 Å². The highest BCUT2D eigenvalue weighted by atomic mass is 35.5. The van der Waals surface area contributed by atoms with Gasteiger partial charge in [-0.2, -0.15) is 0 Å². The Hall–Kier alpha value is -1.92. The van der Waals surface area contributed by atoms with Crippen LogP contribution in [0.3, 0.4) is 0 Å². The number of aromatic nitrogens is 2. The lowest BCUT2D eigenvalue weighted by molar-refractivity contribution is 0.0976. The van der Waals surface area contributed by atoms with Crippen molar-refractivity contribution in [3.05, 3.63) is 52.6 Å². The minimum Gasteiger partial charge on any atom is -0.357 e. The van der Waals surface area contributed by atoms with E-state index in [1.54, 1.807) is 24.3 Å². The summed E-state index contributed by atoms with van der Waals surface area (Å²) in [6.07, 6.45) is 3.02. The molecule has 1 amide bonds. The number of unbranched alkanes of at least 4 members (excludes halogenated alkanes) is 1. The Morgan fingerprint density at radius 1 is 1.35 bits per heavy atom. The Labute approximate surface area is 145 Å². The number of hydrogen-bond acceptors (Lipinski definition) is 3. The van der Waals surface area contributed by atoms with E-state index in [0.717, 1.165) is 30.8 Å². The molecule has 0 aliphatic rings. The first-order valence-corrected chi connectivity index (χ1v) is 8.26. The third-order valence-corrected chi connectivity index (χ3v) is 3.79. The summed E-state index contributed by atoms with van der Waals surface area (Å²) >= 11 is 11.2. The van der Waals surface area contributed by atoms with E-state index >= 15 is 0 Å². The Morgan fingerprint density at radius 2 is 2.09 bits per heavy atom. The second-order valence-electron chi connectivity index (χ2n) is 5.06. The molecule has 1 heterocycles. The van der Waals surface area contributed by atoms with Crippen molar-refractivity contribution in [2.24, 2.45) is 0 Å². The van der Waals surface area contributed by atoms with E-state index in [9.17, 15) is 4.79 Å². The van der Waals surface area contributed by atoms with E-state index in [2.05, 4.69) is 27.5 Å². The molecule has 0 atom stereocenters. The number of amides is 1. The molecule has 2 rings (SSSR count). The average molecular weight is 351 g/mol. The maximum Gasteiger partial charge on any atom is 0.257 e. The molecule has 2 aromatic rings. The minimum atomic E-state index is -0.248. The van der Waals surface area contributed by atoms with Gasteiger partial charge in [-0.3, -0.25) is 10.1 Å². The number of thiocarbonyl (C=S) groups is 1. The van der Waals surface area contributed by atoms with Gasteiger partial charge in [0.15, 0.2) is 10.3 Å². The number of rotatable bonds is 6. The van der Waals surface area contributed by atoms with Crippen molar-refractivity contribution < 1.29 is 4.79 Å². The van der Waals surface area contributed by atoms with Crippen LogP contribution in [0.25, 0.3) is 0 Å². The molecular weight excluding hydrogens is 332 g/mol. The van der Waals surface area contributed by atoms with Gasteiger partial charge in [0.25, 0.3) is 5.91 Å². The third kappa shape index (κ3) is 5.33. The second kappa shape index (κ2) is 8.64. The van der Waals surface area contributed by atoms with Crippen molar-refractivity contribution in [1.82, 2.24) is 20.6 Å². The molecule has 5 nitrogen and oxygen atoms in total. The summed E-state index contributed by atoms with van der Waals surface area (Å²) in [6.45, 7) is 2.51. The van der Waals surface area contributed by atoms with Gasteiger partial charge in [0.05, 0.1) is 12.2 Å². The fourth-order valence-electron chi connectivity index (χ4n) is 2.00. The highest BCUT2D eigenvalue weighted by molar-refractivity contribution is 7.80. The van der Waals surface area contributed by atoms with Gasteiger partial charge < -0.3 is 10.3 Å². The van der Waals surface area contributed by atoms with Crippen LogP contribution in [0.5, 0.6) is 0 Å². The number of nitrogens with one attached hydrogen (secondary N) is 3. The summed E-state index contributed by atoms with van der Waals surface area (Å²) in [7, 11) is 0. The number of H-pyrrole nitrogens is 1. The van der Waals surface area contributed by atoms with Crippen molar-refractivity contribution >= 4 is 34.8 Å². The summed E-state index contributed by atoms with van der Waals surface area (Å²) < 4.78 is 0.